The Bertz CT molecular complexity index is 626. The number of nitrogens with zero attached hydrogens (tertiary/aromatic N) is 2. The second kappa shape index (κ2) is 7.08. The summed E-state index contributed by atoms with van der Waals surface area (Å²) in [4.78, 5) is 42.3. The number of aryl methyl sites for hydroxylation is 1. The molecule has 2 amide bonds. The zero-order valence-corrected chi connectivity index (χ0v) is 14.5. The summed E-state index contributed by atoms with van der Waals surface area (Å²) in [5.74, 6) is -0.913. The number of hydrogen-bond donors (Lipinski definition) is 1. The molecule has 0 spiro atoms. The number of esters is 1. The highest BCUT2D eigenvalue weighted by molar-refractivity contribution is 7.16. The van der Waals surface area contributed by atoms with Crippen molar-refractivity contribution in [2.45, 2.75) is 39.7 Å². The van der Waals surface area contributed by atoms with Gasteiger partial charge in [0, 0.05) is 23.9 Å². The molecule has 1 saturated heterocycles. The first kappa shape index (κ1) is 17.4. The molecule has 8 heteroatoms. The van der Waals surface area contributed by atoms with Gasteiger partial charge in [0.05, 0.1) is 25.1 Å². The first-order valence-electron chi connectivity index (χ1n) is 7.45. The van der Waals surface area contributed by atoms with E-state index < -0.39 is 0 Å². The second-order valence-electron chi connectivity index (χ2n) is 5.81. The Morgan fingerprint density at radius 1 is 1.48 bits per heavy atom. The number of ether oxygens (including phenoxy) is 1. The van der Waals surface area contributed by atoms with Crippen LogP contribution in [0.2, 0.25) is 0 Å². The van der Waals surface area contributed by atoms with Crippen LogP contribution < -0.4 is 5.32 Å². The fraction of sp³-hybridized carbons (Fsp3) is 0.600. The van der Waals surface area contributed by atoms with Crippen LogP contribution in [0, 0.1) is 12.8 Å². The van der Waals surface area contributed by atoms with E-state index in [0.717, 1.165) is 4.88 Å². The first-order chi connectivity index (χ1) is 10.8. The third-order valence-corrected chi connectivity index (χ3v) is 4.88. The average molecular weight is 339 g/mol. The molecule has 0 saturated carbocycles. The highest BCUT2D eigenvalue weighted by Gasteiger charge is 2.35. The molecule has 2 rings (SSSR count). The molecule has 1 aromatic heterocycles. The molecular weight excluding hydrogens is 318 g/mol. The molecule has 1 N–H and O–H groups in total. The number of carbonyl (C=O) groups is 3. The summed E-state index contributed by atoms with van der Waals surface area (Å²) < 4.78 is 4.64. The smallest absolute Gasteiger partial charge is 0.310 e. The topological polar surface area (TPSA) is 88.6 Å². The van der Waals surface area contributed by atoms with Crippen molar-refractivity contribution >= 4 is 34.3 Å². The molecule has 126 valence electrons. The number of anilines is 1. The monoisotopic (exact) mass is 339 g/mol. The van der Waals surface area contributed by atoms with Crippen molar-refractivity contribution in [2.75, 3.05) is 19.0 Å². The maximum atomic E-state index is 12.3. The summed E-state index contributed by atoms with van der Waals surface area (Å²) in [5.41, 5.74) is 0.696. The number of aromatic nitrogens is 1. The third-order valence-electron chi connectivity index (χ3n) is 3.81. The number of thiazole rings is 1. The maximum Gasteiger partial charge on any atom is 0.310 e. The van der Waals surface area contributed by atoms with Gasteiger partial charge in [-0.25, -0.2) is 4.98 Å². The first-order valence-corrected chi connectivity index (χ1v) is 8.27. The van der Waals surface area contributed by atoms with Crippen molar-refractivity contribution in [1.82, 2.24) is 9.88 Å². The minimum atomic E-state index is -0.363. The predicted molar refractivity (Wildman–Crippen MR) is 86.2 cm³/mol. The predicted octanol–water partition coefficient (Wildman–Crippen LogP) is 1.36. The lowest BCUT2D eigenvalue weighted by atomic mass is 10.1. The van der Waals surface area contributed by atoms with Crippen molar-refractivity contribution in [1.29, 1.82) is 0 Å². The zero-order chi connectivity index (χ0) is 17.1. The summed E-state index contributed by atoms with van der Waals surface area (Å²) in [5, 5.41) is 3.20. The van der Waals surface area contributed by atoms with Gasteiger partial charge in [-0.2, -0.15) is 0 Å². The normalized spacial score (nSPS) is 17.7. The molecule has 1 aliphatic rings. The van der Waals surface area contributed by atoms with Gasteiger partial charge in [0.1, 0.15) is 0 Å². The van der Waals surface area contributed by atoms with Gasteiger partial charge in [-0.3, -0.25) is 14.4 Å². The highest BCUT2D eigenvalue weighted by atomic mass is 32.1. The van der Waals surface area contributed by atoms with Crippen molar-refractivity contribution in [3.63, 3.8) is 0 Å². The molecule has 1 fully saturated rings. The SMILES string of the molecule is COC(=O)Cc1sc(NC(=O)C2CC(=O)N(C(C)C)C2)nc1C. The summed E-state index contributed by atoms with van der Waals surface area (Å²) in [6.07, 6.45) is 0.363. The van der Waals surface area contributed by atoms with Crippen molar-refractivity contribution in [3.8, 4) is 0 Å². The van der Waals surface area contributed by atoms with Crippen LogP contribution in [0.25, 0.3) is 0 Å². The number of hydrogen-bond acceptors (Lipinski definition) is 6. The Hall–Kier alpha value is -1.96. The van der Waals surface area contributed by atoms with Crippen LogP contribution in [0.1, 0.15) is 30.8 Å². The number of carbonyl (C=O) groups excluding carboxylic acids is 3. The van der Waals surface area contributed by atoms with Gasteiger partial charge in [-0.1, -0.05) is 0 Å². The number of likely N-dealkylation sites (tertiary alicyclic amines) is 1. The van der Waals surface area contributed by atoms with Gasteiger partial charge in [0.25, 0.3) is 0 Å². The van der Waals surface area contributed by atoms with Gasteiger partial charge in [0.15, 0.2) is 5.13 Å². The van der Waals surface area contributed by atoms with E-state index in [9.17, 15) is 14.4 Å². The fourth-order valence-electron chi connectivity index (χ4n) is 2.46. The number of rotatable bonds is 5. The van der Waals surface area contributed by atoms with E-state index in [-0.39, 0.29) is 42.6 Å². The molecule has 0 aromatic carbocycles. The van der Waals surface area contributed by atoms with Gasteiger partial charge in [0.2, 0.25) is 11.8 Å². The third kappa shape index (κ3) is 4.07. The number of methoxy groups -OCH3 is 1. The number of nitrogens with one attached hydrogen (secondary N) is 1. The molecule has 1 aromatic rings. The van der Waals surface area contributed by atoms with E-state index in [1.54, 1.807) is 11.8 Å². The lowest BCUT2D eigenvalue weighted by molar-refractivity contribution is -0.139. The quantitative estimate of drug-likeness (QED) is 0.818. The molecule has 7 nitrogen and oxygen atoms in total. The van der Waals surface area contributed by atoms with Gasteiger partial charge in [-0.15, -0.1) is 11.3 Å². The lowest BCUT2D eigenvalue weighted by Crippen LogP contribution is -2.33. The van der Waals surface area contributed by atoms with Gasteiger partial charge in [-0.05, 0) is 20.8 Å². The van der Waals surface area contributed by atoms with E-state index in [0.29, 0.717) is 17.4 Å². The average Bonchev–Trinajstić information content (AvgIpc) is 3.02. The Morgan fingerprint density at radius 3 is 2.74 bits per heavy atom. The fourth-order valence-corrected chi connectivity index (χ4v) is 3.41. The van der Waals surface area contributed by atoms with Gasteiger partial charge >= 0.3 is 5.97 Å². The Labute approximate surface area is 139 Å². The van der Waals surface area contributed by atoms with Gasteiger partial charge < -0.3 is 15.0 Å². The molecule has 0 radical (unpaired) electrons. The molecule has 2 heterocycles. The van der Waals surface area contributed by atoms with Crippen LogP contribution in [0.3, 0.4) is 0 Å². The molecule has 23 heavy (non-hydrogen) atoms. The van der Waals surface area contributed by atoms with E-state index in [1.807, 2.05) is 13.8 Å². The summed E-state index contributed by atoms with van der Waals surface area (Å²) >= 11 is 1.26. The second-order valence-corrected chi connectivity index (χ2v) is 6.89. The molecule has 1 aliphatic heterocycles. The Balaban J connectivity index is 2.00. The molecular formula is C15H21N3O4S. The van der Waals surface area contributed by atoms with Crippen LogP contribution in [0.15, 0.2) is 0 Å². The minimum absolute atomic E-state index is 0.00171. The summed E-state index contributed by atoms with van der Waals surface area (Å²) in [6.45, 7) is 6.08. The highest BCUT2D eigenvalue weighted by Crippen LogP contribution is 2.26. The molecule has 0 aliphatic carbocycles. The van der Waals surface area contributed by atoms with Crippen LogP contribution in [-0.2, 0) is 25.5 Å². The molecule has 0 bridgehead atoms. The number of amides is 2. The van der Waals surface area contributed by atoms with E-state index in [1.165, 1.54) is 18.4 Å². The molecule has 1 unspecified atom stereocenters. The van der Waals surface area contributed by atoms with Crippen LogP contribution in [0.5, 0.6) is 0 Å². The Morgan fingerprint density at radius 2 is 2.17 bits per heavy atom. The van der Waals surface area contributed by atoms with Crippen LogP contribution in [0.4, 0.5) is 5.13 Å². The van der Waals surface area contributed by atoms with Crippen molar-refractivity contribution in [2.24, 2.45) is 5.92 Å². The lowest BCUT2D eigenvalue weighted by Gasteiger charge is -2.20. The summed E-state index contributed by atoms with van der Waals surface area (Å²) in [6, 6.07) is 0.0917. The standard InChI is InChI=1S/C15H21N3O4S/c1-8(2)18-7-10(5-12(18)19)14(21)17-15-16-9(3)11(23-15)6-13(20)22-4/h8,10H,5-7H2,1-4H3,(H,16,17,21). The van der Waals surface area contributed by atoms with Crippen LogP contribution >= 0.6 is 11.3 Å². The summed E-state index contributed by atoms with van der Waals surface area (Å²) in [7, 11) is 1.33. The van der Waals surface area contributed by atoms with E-state index in [2.05, 4.69) is 15.0 Å². The molecule has 1 atom stereocenters. The maximum absolute atomic E-state index is 12.3. The van der Waals surface area contributed by atoms with E-state index >= 15 is 0 Å². The largest absolute Gasteiger partial charge is 0.469 e. The Kier molecular flexibility index (Phi) is 5.35. The minimum Gasteiger partial charge on any atom is -0.469 e. The van der Waals surface area contributed by atoms with Crippen molar-refractivity contribution < 1.29 is 19.1 Å². The van der Waals surface area contributed by atoms with Crippen molar-refractivity contribution in [3.05, 3.63) is 10.6 Å². The van der Waals surface area contributed by atoms with Crippen LogP contribution in [-0.4, -0.2) is 47.4 Å². The zero-order valence-electron chi connectivity index (χ0n) is 13.7. The van der Waals surface area contributed by atoms with E-state index in [4.69, 9.17) is 0 Å².